The van der Waals surface area contributed by atoms with Crippen molar-refractivity contribution < 1.29 is 18.4 Å². The van der Waals surface area contributed by atoms with Gasteiger partial charge in [0.2, 0.25) is 5.91 Å². The fourth-order valence-electron chi connectivity index (χ4n) is 2.60. The molecule has 1 fully saturated rings. The zero-order valence-corrected chi connectivity index (χ0v) is 15.0. The number of carbonyl (C=O) groups excluding carboxylic acids is 2. The third-order valence-electron chi connectivity index (χ3n) is 4.00. The average Bonchev–Trinajstić information content (AvgIpc) is 3.32. The number of aromatic nitrogens is 2. The van der Waals surface area contributed by atoms with Gasteiger partial charge in [-0.1, -0.05) is 0 Å². The van der Waals surface area contributed by atoms with E-state index in [2.05, 4.69) is 26.3 Å². The molecule has 1 aromatic carbocycles. The highest BCUT2D eigenvalue weighted by Crippen LogP contribution is 2.45. The first-order chi connectivity index (χ1) is 11.9. The Kier molecular flexibility index (Phi) is 4.99. The van der Waals surface area contributed by atoms with Gasteiger partial charge in [0.25, 0.3) is 6.43 Å². The molecule has 2 aromatic rings. The lowest BCUT2D eigenvalue weighted by Crippen LogP contribution is -2.21. The minimum atomic E-state index is -2.70. The Labute approximate surface area is 151 Å². The van der Waals surface area contributed by atoms with E-state index in [9.17, 15) is 18.4 Å². The van der Waals surface area contributed by atoms with E-state index >= 15 is 0 Å². The summed E-state index contributed by atoms with van der Waals surface area (Å²) in [5, 5.41) is 6.59. The van der Waals surface area contributed by atoms with E-state index in [0.29, 0.717) is 21.4 Å². The average molecular weight is 412 g/mol. The smallest absolute Gasteiger partial charge is 0.283 e. The summed E-state index contributed by atoms with van der Waals surface area (Å²) in [5.41, 5.74) is 1.40. The molecule has 8 heteroatoms. The van der Waals surface area contributed by atoms with Gasteiger partial charge in [-0.25, -0.2) is 8.78 Å². The predicted molar refractivity (Wildman–Crippen MR) is 91.9 cm³/mol. The lowest BCUT2D eigenvalue weighted by atomic mass is 10.1. The maximum absolute atomic E-state index is 13.1. The SMILES string of the molecule is CC(=O)c1ccc(NC(=O)Cn2nc(C(F)F)c(Br)c2C2CC2)cc1. The summed E-state index contributed by atoms with van der Waals surface area (Å²) in [7, 11) is 0. The van der Waals surface area contributed by atoms with E-state index < -0.39 is 6.43 Å². The van der Waals surface area contributed by atoms with Crippen molar-refractivity contribution in [1.29, 1.82) is 0 Å². The molecule has 0 bridgehead atoms. The van der Waals surface area contributed by atoms with Crippen molar-refractivity contribution in [1.82, 2.24) is 9.78 Å². The van der Waals surface area contributed by atoms with Crippen LogP contribution in [0.3, 0.4) is 0 Å². The van der Waals surface area contributed by atoms with Crippen molar-refractivity contribution in [2.45, 2.75) is 38.7 Å². The Morgan fingerprint density at radius 1 is 1.32 bits per heavy atom. The quantitative estimate of drug-likeness (QED) is 0.720. The van der Waals surface area contributed by atoms with Gasteiger partial charge in [0.1, 0.15) is 12.2 Å². The minimum absolute atomic E-state index is 0.0622. The second-order valence-electron chi connectivity index (χ2n) is 6.00. The molecule has 132 valence electrons. The number of hydrogen-bond donors (Lipinski definition) is 1. The number of Topliss-reactive ketones (excluding diaryl/α,β-unsaturated/α-hetero) is 1. The first-order valence-corrected chi connectivity index (χ1v) is 8.61. The highest BCUT2D eigenvalue weighted by molar-refractivity contribution is 9.10. The van der Waals surface area contributed by atoms with Gasteiger partial charge in [0.05, 0.1) is 10.2 Å². The molecule has 0 unspecified atom stereocenters. The highest BCUT2D eigenvalue weighted by Gasteiger charge is 2.34. The van der Waals surface area contributed by atoms with Crippen LogP contribution >= 0.6 is 15.9 Å². The molecule has 0 aliphatic heterocycles. The van der Waals surface area contributed by atoms with Gasteiger partial charge < -0.3 is 5.32 Å². The van der Waals surface area contributed by atoms with E-state index in [-0.39, 0.29) is 29.8 Å². The molecule has 1 aliphatic rings. The summed E-state index contributed by atoms with van der Waals surface area (Å²) in [6, 6.07) is 6.49. The van der Waals surface area contributed by atoms with Crippen LogP contribution in [0, 0.1) is 0 Å². The second kappa shape index (κ2) is 7.03. The zero-order chi connectivity index (χ0) is 18.1. The molecule has 1 amide bonds. The maximum atomic E-state index is 13.1. The van der Waals surface area contributed by atoms with E-state index in [4.69, 9.17) is 0 Å². The summed E-state index contributed by atoms with van der Waals surface area (Å²) in [5.74, 6) is -0.266. The zero-order valence-electron chi connectivity index (χ0n) is 13.4. The third-order valence-corrected chi connectivity index (χ3v) is 4.81. The van der Waals surface area contributed by atoms with Crippen LogP contribution in [0.15, 0.2) is 28.7 Å². The number of nitrogens with zero attached hydrogens (tertiary/aromatic N) is 2. The molecule has 1 N–H and O–H groups in total. The molecule has 3 rings (SSSR count). The number of halogens is 3. The van der Waals surface area contributed by atoms with Crippen LogP contribution in [0.25, 0.3) is 0 Å². The van der Waals surface area contributed by atoms with Crippen molar-refractivity contribution >= 4 is 33.3 Å². The molecule has 1 aliphatic carbocycles. The molecular weight excluding hydrogens is 396 g/mol. The van der Waals surface area contributed by atoms with Crippen molar-refractivity contribution in [3.63, 3.8) is 0 Å². The molecular formula is C17H16BrF2N3O2. The lowest BCUT2D eigenvalue weighted by Gasteiger charge is -2.09. The van der Waals surface area contributed by atoms with Crippen LogP contribution in [0.2, 0.25) is 0 Å². The normalized spacial score (nSPS) is 14.0. The Morgan fingerprint density at radius 3 is 2.48 bits per heavy atom. The molecule has 1 aromatic heterocycles. The van der Waals surface area contributed by atoms with Crippen molar-refractivity contribution in [2.75, 3.05) is 5.32 Å². The Morgan fingerprint density at radius 2 is 1.96 bits per heavy atom. The van der Waals surface area contributed by atoms with E-state index in [1.54, 1.807) is 24.3 Å². The minimum Gasteiger partial charge on any atom is -0.324 e. The summed E-state index contributed by atoms with van der Waals surface area (Å²) in [6.45, 7) is 1.31. The van der Waals surface area contributed by atoms with Crippen LogP contribution in [-0.2, 0) is 11.3 Å². The van der Waals surface area contributed by atoms with Crippen molar-refractivity contribution in [3.8, 4) is 0 Å². The fraction of sp³-hybridized carbons (Fsp3) is 0.353. The lowest BCUT2D eigenvalue weighted by molar-refractivity contribution is -0.117. The van der Waals surface area contributed by atoms with Gasteiger partial charge >= 0.3 is 0 Å². The monoisotopic (exact) mass is 411 g/mol. The number of alkyl halides is 2. The first-order valence-electron chi connectivity index (χ1n) is 7.82. The molecule has 0 spiro atoms. The van der Waals surface area contributed by atoms with Crippen LogP contribution in [-0.4, -0.2) is 21.5 Å². The topological polar surface area (TPSA) is 64.0 Å². The number of anilines is 1. The van der Waals surface area contributed by atoms with Crippen molar-refractivity contribution in [2.24, 2.45) is 0 Å². The summed E-state index contributed by atoms with van der Waals surface area (Å²) in [4.78, 5) is 23.5. The summed E-state index contributed by atoms with van der Waals surface area (Å²) >= 11 is 3.19. The first kappa shape index (κ1) is 17.7. The van der Waals surface area contributed by atoms with Gasteiger partial charge in [-0.2, -0.15) is 5.10 Å². The van der Waals surface area contributed by atoms with Crippen molar-refractivity contribution in [3.05, 3.63) is 45.7 Å². The van der Waals surface area contributed by atoms with Gasteiger partial charge in [-0.15, -0.1) is 0 Å². The molecule has 1 heterocycles. The van der Waals surface area contributed by atoms with Crippen LogP contribution < -0.4 is 5.32 Å². The molecule has 5 nitrogen and oxygen atoms in total. The Bertz CT molecular complexity index is 814. The number of rotatable bonds is 6. The van der Waals surface area contributed by atoms with Crippen LogP contribution in [0.1, 0.15) is 53.9 Å². The van der Waals surface area contributed by atoms with Gasteiger partial charge in [0.15, 0.2) is 5.78 Å². The molecule has 0 saturated heterocycles. The number of amides is 1. The third kappa shape index (κ3) is 3.95. The van der Waals surface area contributed by atoms with E-state index in [0.717, 1.165) is 12.8 Å². The summed E-state index contributed by atoms with van der Waals surface area (Å²) < 4.78 is 27.8. The largest absolute Gasteiger partial charge is 0.324 e. The number of carbonyl (C=O) groups is 2. The molecule has 0 atom stereocenters. The fourth-order valence-corrected chi connectivity index (χ4v) is 3.38. The standard InChI is InChI=1S/C17H16BrF2N3O2/c1-9(24)10-4-6-12(7-5-10)21-13(25)8-23-16(11-2-3-11)14(18)15(22-23)17(19)20/h4-7,11,17H,2-3,8H2,1H3,(H,21,25). The maximum Gasteiger partial charge on any atom is 0.283 e. The van der Waals surface area contributed by atoms with E-state index in [1.807, 2.05) is 0 Å². The van der Waals surface area contributed by atoms with Gasteiger partial charge in [-0.05, 0) is 60.0 Å². The van der Waals surface area contributed by atoms with Crippen LogP contribution in [0.5, 0.6) is 0 Å². The highest BCUT2D eigenvalue weighted by atomic mass is 79.9. The molecule has 0 radical (unpaired) electrons. The molecule has 1 saturated carbocycles. The second-order valence-corrected chi connectivity index (χ2v) is 6.79. The number of hydrogen-bond acceptors (Lipinski definition) is 3. The summed E-state index contributed by atoms with van der Waals surface area (Å²) in [6.07, 6.45) is -0.891. The van der Waals surface area contributed by atoms with Gasteiger partial charge in [0, 0.05) is 17.2 Å². The molecule has 25 heavy (non-hydrogen) atoms. The van der Waals surface area contributed by atoms with Crippen LogP contribution in [0.4, 0.5) is 14.5 Å². The van der Waals surface area contributed by atoms with Gasteiger partial charge in [-0.3, -0.25) is 14.3 Å². The number of benzene rings is 1. The Balaban J connectivity index is 1.74. The number of ketones is 1. The van der Waals surface area contributed by atoms with E-state index in [1.165, 1.54) is 11.6 Å². The number of nitrogens with one attached hydrogen (secondary N) is 1. The predicted octanol–water partition coefficient (Wildman–Crippen LogP) is 4.30. The Hall–Kier alpha value is -2.09.